The molecule has 146 valence electrons. The molecule has 5 nitrogen and oxygen atoms in total. The van der Waals surface area contributed by atoms with Crippen molar-refractivity contribution in [1.29, 1.82) is 0 Å². The van der Waals surface area contributed by atoms with Gasteiger partial charge in [0, 0.05) is 28.7 Å². The van der Waals surface area contributed by atoms with Gasteiger partial charge in [0.2, 0.25) is 12.6 Å². The summed E-state index contributed by atoms with van der Waals surface area (Å²) in [5.74, 6) is -0.180. The first kappa shape index (κ1) is 17.0. The van der Waals surface area contributed by atoms with Crippen molar-refractivity contribution in [2.24, 2.45) is 0 Å². The minimum Gasteiger partial charge on any atom is -0.454 e. The highest BCUT2D eigenvalue weighted by Gasteiger charge is 2.43. The first-order chi connectivity index (χ1) is 14.6. The lowest BCUT2D eigenvalue weighted by molar-refractivity contribution is 0.0927. The molecule has 0 bridgehead atoms. The Morgan fingerprint density at radius 3 is 2.20 bits per heavy atom. The van der Waals surface area contributed by atoms with Crippen molar-refractivity contribution in [3.8, 4) is 17.2 Å². The molecule has 0 saturated heterocycles. The van der Waals surface area contributed by atoms with E-state index >= 15 is 0 Å². The van der Waals surface area contributed by atoms with Gasteiger partial charge in [0.05, 0.1) is 5.57 Å². The van der Waals surface area contributed by atoms with Crippen LogP contribution in [0.1, 0.15) is 37.8 Å². The van der Waals surface area contributed by atoms with Crippen LogP contribution in [-0.2, 0) is 0 Å². The quantitative estimate of drug-likeness (QED) is 0.606. The number of benzene rings is 3. The molecule has 0 spiro atoms. The van der Waals surface area contributed by atoms with Gasteiger partial charge in [-0.25, -0.2) is 4.39 Å². The maximum absolute atomic E-state index is 13.6. The van der Waals surface area contributed by atoms with Crippen LogP contribution in [0, 0.1) is 5.82 Å². The molecule has 1 aliphatic carbocycles. The molecule has 1 atom stereocenters. The molecule has 2 heterocycles. The van der Waals surface area contributed by atoms with Gasteiger partial charge in [-0.05, 0) is 23.8 Å². The van der Waals surface area contributed by atoms with Crippen molar-refractivity contribution in [2.75, 3.05) is 6.79 Å². The van der Waals surface area contributed by atoms with Crippen LogP contribution in [0.4, 0.5) is 4.39 Å². The third kappa shape index (κ3) is 2.27. The number of halogens is 1. The Bertz CT molecular complexity index is 1290. The molecule has 3 aliphatic rings. The summed E-state index contributed by atoms with van der Waals surface area (Å²) in [4.78, 5) is 26.7. The van der Waals surface area contributed by atoms with Crippen molar-refractivity contribution in [3.05, 3.63) is 100 Å². The number of ether oxygens (including phenoxy) is 3. The second-order valence-electron chi connectivity index (χ2n) is 7.28. The highest BCUT2D eigenvalue weighted by molar-refractivity contribution is 6.27. The highest BCUT2D eigenvalue weighted by atomic mass is 19.1. The van der Waals surface area contributed by atoms with Gasteiger partial charge in [-0.1, -0.05) is 36.4 Å². The van der Waals surface area contributed by atoms with E-state index in [0.29, 0.717) is 39.5 Å². The van der Waals surface area contributed by atoms with Gasteiger partial charge in [0.25, 0.3) is 0 Å². The fourth-order valence-corrected chi connectivity index (χ4v) is 4.26. The zero-order chi connectivity index (χ0) is 20.4. The number of Topliss-reactive ketones (excluding diaryl/α,β-unsaturated/α-hetero) is 2. The number of carbonyl (C=O) groups excluding carboxylic acids is 2. The summed E-state index contributed by atoms with van der Waals surface area (Å²) < 4.78 is 30.5. The summed E-state index contributed by atoms with van der Waals surface area (Å²) in [6.45, 7) is 0.0793. The van der Waals surface area contributed by atoms with Crippen LogP contribution in [0.25, 0.3) is 0 Å². The number of hydrogen-bond acceptors (Lipinski definition) is 5. The highest BCUT2D eigenvalue weighted by Crippen LogP contribution is 2.50. The lowest BCUT2D eigenvalue weighted by atomic mass is 9.75. The van der Waals surface area contributed by atoms with Gasteiger partial charge in [0.1, 0.15) is 11.6 Å². The van der Waals surface area contributed by atoms with E-state index in [1.807, 2.05) is 0 Å². The lowest BCUT2D eigenvalue weighted by Gasteiger charge is -2.32. The van der Waals surface area contributed by atoms with E-state index in [1.54, 1.807) is 48.5 Å². The first-order valence-corrected chi connectivity index (χ1v) is 9.41. The summed E-state index contributed by atoms with van der Waals surface area (Å²) in [5, 5.41) is 0. The fraction of sp³-hybridized carbons (Fsp3) is 0.0833. The Morgan fingerprint density at radius 2 is 1.47 bits per heavy atom. The summed E-state index contributed by atoms with van der Waals surface area (Å²) in [5.41, 5.74) is 2.22. The van der Waals surface area contributed by atoms with Crippen LogP contribution in [0.5, 0.6) is 17.2 Å². The molecule has 0 saturated carbocycles. The molecule has 0 amide bonds. The minimum absolute atomic E-state index is 0.000565. The van der Waals surface area contributed by atoms with Gasteiger partial charge >= 0.3 is 0 Å². The van der Waals surface area contributed by atoms with Crippen LogP contribution < -0.4 is 14.2 Å². The maximum atomic E-state index is 13.6. The number of fused-ring (bicyclic) bond motifs is 3. The van der Waals surface area contributed by atoms with Crippen molar-refractivity contribution in [1.82, 2.24) is 0 Å². The fourth-order valence-electron chi connectivity index (χ4n) is 4.26. The maximum Gasteiger partial charge on any atom is 0.231 e. The topological polar surface area (TPSA) is 61.8 Å². The van der Waals surface area contributed by atoms with Gasteiger partial charge in [-0.3, -0.25) is 9.59 Å². The van der Waals surface area contributed by atoms with Crippen LogP contribution in [-0.4, -0.2) is 18.4 Å². The summed E-state index contributed by atoms with van der Waals surface area (Å²) in [6.07, 6.45) is 0. The largest absolute Gasteiger partial charge is 0.454 e. The van der Waals surface area contributed by atoms with Gasteiger partial charge in [0.15, 0.2) is 23.0 Å². The standard InChI is InChI=1S/C24H13FO5/c25-13-7-5-12(6-8-13)20-16-9-18-19(29-11-28-18)10-17(16)30-24-21(20)22(26)14-3-1-2-4-15(14)23(24)27/h1-10,20H,11H2. The monoisotopic (exact) mass is 400 g/mol. The SMILES string of the molecule is O=C1C2=C(C(=O)c3ccccc31)C(c1ccc(F)cc1)c1cc3c(cc1O2)OCO3. The molecule has 3 aromatic rings. The second kappa shape index (κ2) is 6.03. The number of hydrogen-bond donors (Lipinski definition) is 0. The third-order valence-corrected chi connectivity index (χ3v) is 5.63. The Balaban J connectivity index is 1.62. The van der Waals surface area contributed by atoms with E-state index in [1.165, 1.54) is 12.1 Å². The van der Waals surface area contributed by atoms with Crippen molar-refractivity contribution in [3.63, 3.8) is 0 Å². The van der Waals surface area contributed by atoms with Crippen molar-refractivity contribution < 1.29 is 28.2 Å². The van der Waals surface area contributed by atoms with E-state index < -0.39 is 5.92 Å². The van der Waals surface area contributed by atoms with E-state index in [0.717, 1.165) is 0 Å². The molecule has 30 heavy (non-hydrogen) atoms. The molecular formula is C24H13FO5. The Labute approximate surface area is 170 Å². The predicted octanol–water partition coefficient (Wildman–Crippen LogP) is 4.41. The molecule has 0 N–H and O–H groups in total. The van der Waals surface area contributed by atoms with Gasteiger partial charge < -0.3 is 14.2 Å². The number of allylic oxidation sites excluding steroid dienone is 2. The number of carbonyl (C=O) groups is 2. The van der Waals surface area contributed by atoms with Crippen LogP contribution in [0.15, 0.2) is 72.0 Å². The van der Waals surface area contributed by atoms with E-state index in [2.05, 4.69) is 0 Å². The lowest BCUT2D eigenvalue weighted by Crippen LogP contribution is -2.31. The smallest absolute Gasteiger partial charge is 0.231 e. The average molecular weight is 400 g/mol. The normalized spacial score (nSPS) is 18.5. The van der Waals surface area contributed by atoms with Crippen molar-refractivity contribution in [2.45, 2.75) is 5.92 Å². The molecule has 0 fully saturated rings. The molecule has 6 rings (SSSR count). The molecular weight excluding hydrogens is 387 g/mol. The molecule has 0 aromatic heterocycles. The van der Waals surface area contributed by atoms with E-state index in [-0.39, 0.29) is 35.5 Å². The number of ketones is 2. The zero-order valence-corrected chi connectivity index (χ0v) is 15.5. The Hall–Kier alpha value is -3.93. The number of rotatable bonds is 1. The van der Waals surface area contributed by atoms with Crippen LogP contribution in [0.2, 0.25) is 0 Å². The molecule has 2 aliphatic heterocycles. The summed E-state index contributed by atoms with van der Waals surface area (Å²) in [6, 6.07) is 16.0. The predicted molar refractivity (Wildman–Crippen MR) is 104 cm³/mol. The summed E-state index contributed by atoms with van der Waals surface area (Å²) >= 11 is 0. The van der Waals surface area contributed by atoms with Crippen molar-refractivity contribution >= 4 is 11.6 Å². The van der Waals surface area contributed by atoms with Crippen LogP contribution >= 0.6 is 0 Å². The summed E-state index contributed by atoms with van der Waals surface area (Å²) in [7, 11) is 0. The molecule has 6 heteroatoms. The zero-order valence-electron chi connectivity index (χ0n) is 15.5. The molecule has 0 radical (unpaired) electrons. The molecule has 3 aromatic carbocycles. The van der Waals surface area contributed by atoms with E-state index in [4.69, 9.17) is 14.2 Å². The molecule has 1 unspecified atom stereocenters. The third-order valence-electron chi connectivity index (χ3n) is 5.63. The average Bonchev–Trinajstić information content (AvgIpc) is 3.23. The second-order valence-corrected chi connectivity index (χ2v) is 7.28. The van der Waals surface area contributed by atoms with Gasteiger partial charge in [-0.15, -0.1) is 0 Å². The van der Waals surface area contributed by atoms with E-state index in [9.17, 15) is 14.0 Å². The first-order valence-electron chi connectivity index (χ1n) is 9.41. The van der Waals surface area contributed by atoms with Crippen LogP contribution in [0.3, 0.4) is 0 Å². The Kier molecular flexibility index (Phi) is 3.41. The minimum atomic E-state index is -0.608. The Morgan fingerprint density at radius 1 is 0.800 bits per heavy atom. The van der Waals surface area contributed by atoms with Gasteiger partial charge in [-0.2, -0.15) is 0 Å².